The number of hydrogen-bond acceptors (Lipinski definition) is 6. The van der Waals surface area contributed by atoms with Gasteiger partial charge in [-0.2, -0.15) is 10.2 Å². The lowest BCUT2D eigenvalue weighted by molar-refractivity contribution is 0.399. The molecule has 0 spiro atoms. The molecule has 0 saturated heterocycles. The van der Waals surface area contributed by atoms with Crippen LogP contribution in [0, 0.1) is 25.2 Å². The van der Waals surface area contributed by atoms with Gasteiger partial charge >= 0.3 is 0 Å². The highest BCUT2D eigenvalue weighted by atomic mass is 16.5. The van der Waals surface area contributed by atoms with Crippen molar-refractivity contribution < 1.29 is 4.74 Å². The van der Waals surface area contributed by atoms with Gasteiger partial charge in [0, 0.05) is 24.0 Å². The van der Waals surface area contributed by atoms with Gasteiger partial charge in [0.05, 0.1) is 12.8 Å². The lowest BCUT2D eigenvalue weighted by Gasteiger charge is -2.09. The van der Waals surface area contributed by atoms with E-state index in [0.717, 1.165) is 11.1 Å². The van der Waals surface area contributed by atoms with Crippen LogP contribution in [0.3, 0.4) is 0 Å². The van der Waals surface area contributed by atoms with Crippen molar-refractivity contribution >= 4 is 16.7 Å². The van der Waals surface area contributed by atoms with Crippen LogP contribution in [-0.2, 0) is 0 Å². The minimum absolute atomic E-state index is 0.317. The first kappa shape index (κ1) is 15.0. The van der Waals surface area contributed by atoms with Crippen molar-refractivity contribution in [1.29, 1.82) is 5.26 Å². The largest absolute Gasteiger partial charge is 0.481 e. The maximum atomic E-state index is 9.54. The second-order valence-electron chi connectivity index (χ2n) is 5.66. The predicted octanol–water partition coefficient (Wildman–Crippen LogP) is 2.84. The van der Waals surface area contributed by atoms with Gasteiger partial charge in [0.25, 0.3) is 0 Å². The molecule has 0 aliphatic rings. The molecule has 4 aromatic heterocycles. The summed E-state index contributed by atoms with van der Waals surface area (Å²) in [4.78, 5) is 17.9. The Hall–Kier alpha value is -3.53. The molecule has 0 aromatic carbocycles. The van der Waals surface area contributed by atoms with Gasteiger partial charge in [0.15, 0.2) is 11.3 Å². The second-order valence-corrected chi connectivity index (χ2v) is 5.66. The van der Waals surface area contributed by atoms with E-state index in [4.69, 9.17) is 4.74 Å². The zero-order valence-corrected chi connectivity index (χ0v) is 14.0. The molecule has 0 amide bonds. The van der Waals surface area contributed by atoms with E-state index in [-0.39, 0.29) is 0 Å². The molecule has 0 N–H and O–H groups in total. The van der Waals surface area contributed by atoms with Crippen LogP contribution in [0.4, 0.5) is 0 Å². The third-order valence-electron chi connectivity index (χ3n) is 4.14. The van der Waals surface area contributed by atoms with Gasteiger partial charge in [-0.1, -0.05) is 0 Å². The number of aromatic nitrogens is 5. The number of pyridine rings is 2. The van der Waals surface area contributed by atoms with Crippen LogP contribution >= 0.6 is 0 Å². The summed E-state index contributed by atoms with van der Waals surface area (Å²) in [5.41, 5.74) is 4.79. The smallest absolute Gasteiger partial charge is 0.215 e. The molecule has 0 aliphatic carbocycles. The number of ether oxygens (including phenoxy) is 1. The number of imidazole rings is 1. The Bertz CT molecular complexity index is 1170. The summed E-state index contributed by atoms with van der Waals surface area (Å²) in [5, 5.41) is 9.54. The van der Waals surface area contributed by atoms with Crippen LogP contribution in [0.25, 0.3) is 28.1 Å². The Kier molecular flexibility index (Phi) is 3.32. The number of rotatable bonds is 2. The maximum Gasteiger partial charge on any atom is 0.215 e. The number of nitrogens with zero attached hydrogens (tertiary/aromatic N) is 6. The summed E-state index contributed by atoms with van der Waals surface area (Å²) in [5.74, 6) is 1.16. The number of nitriles is 1. The molecule has 122 valence electrons. The molecule has 0 aliphatic heterocycles. The van der Waals surface area contributed by atoms with Gasteiger partial charge in [-0.15, -0.1) is 0 Å². The van der Waals surface area contributed by atoms with Crippen LogP contribution in [0.1, 0.15) is 17.0 Å². The molecule has 25 heavy (non-hydrogen) atoms. The van der Waals surface area contributed by atoms with Gasteiger partial charge in [-0.3, -0.25) is 9.38 Å². The van der Waals surface area contributed by atoms with E-state index in [1.165, 1.54) is 0 Å². The zero-order chi connectivity index (χ0) is 17.6. The molecule has 4 aromatic rings. The van der Waals surface area contributed by atoms with Gasteiger partial charge in [0.1, 0.15) is 22.9 Å². The third kappa shape index (κ3) is 2.19. The molecule has 4 rings (SSSR count). The van der Waals surface area contributed by atoms with E-state index in [1.54, 1.807) is 31.6 Å². The quantitative estimate of drug-likeness (QED) is 0.561. The SMILES string of the molecule is COc1ccc2nc(C#N)c3c(C)nc(-c4cnccc4C)n3c2n1. The lowest BCUT2D eigenvalue weighted by Crippen LogP contribution is -2.01. The average molecular weight is 330 g/mol. The van der Waals surface area contributed by atoms with Crippen molar-refractivity contribution in [3.05, 3.63) is 47.5 Å². The topological polar surface area (TPSA) is 89.0 Å². The second kappa shape index (κ2) is 5.53. The van der Waals surface area contributed by atoms with Crippen LogP contribution in [-0.4, -0.2) is 31.4 Å². The summed E-state index contributed by atoms with van der Waals surface area (Å²) >= 11 is 0. The highest BCUT2D eigenvalue weighted by Crippen LogP contribution is 2.29. The van der Waals surface area contributed by atoms with E-state index >= 15 is 0 Å². The van der Waals surface area contributed by atoms with Crippen LogP contribution in [0.15, 0.2) is 30.6 Å². The van der Waals surface area contributed by atoms with Gasteiger partial charge in [-0.25, -0.2) is 9.97 Å². The molecule has 0 atom stereocenters. The predicted molar refractivity (Wildman–Crippen MR) is 92.3 cm³/mol. The van der Waals surface area contributed by atoms with E-state index in [9.17, 15) is 5.26 Å². The van der Waals surface area contributed by atoms with E-state index in [2.05, 4.69) is 26.0 Å². The molecule has 7 heteroatoms. The molecule has 0 saturated carbocycles. The Balaban J connectivity index is 2.24. The van der Waals surface area contributed by atoms with Crippen LogP contribution in [0.2, 0.25) is 0 Å². The van der Waals surface area contributed by atoms with Crippen LogP contribution in [0.5, 0.6) is 5.88 Å². The van der Waals surface area contributed by atoms with Gasteiger partial charge < -0.3 is 4.74 Å². The van der Waals surface area contributed by atoms with Gasteiger partial charge in [0.2, 0.25) is 5.88 Å². The highest BCUT2D eigenvalue weighted by molar-refractivity contribution is 5.83. The monoisotopic (exact) mass is 330 g/mol. The standard InChI is InChI=1S/C18H14N6O/c1-10-6-7-20-9-12(10)17-21-11(2)16-14(8-19)22-13-4-5-15(25-3)23-18(13)24(16)17/h4-7,9H,1-3H3. The molecular formula is C18H14N6O. The first-order chi connectivity index (χ1) is 12.1. The number of fused-ring (bicyclic) bond motifs is 3. The average Bonchev–Trinajstić information content (AvgIpc) is 2.98. The Morgan fingerprint density at radius 1 is 1.12 bits per heavy atom. The Morgan fingerprint density at radius 2 is 1.96 bits per heavy atom. The third-order valence-corrected chi connectivity index (χ3v) is 4.14. The summed E-state index contributed by atoms with van der Waals surface area (Å²) < 4.78 is 7.12. The number of methoxy groups -OCH3 is 1. The fraction of sp³-hybridized carbons (Fsp3) is 0.167. The van der Waals surface area contributed by atoms with E-state index in [1.807, 2.05) is 24.3 Å². The van der Waals surface area contributed by atoms with Crippen molar-refractivity contribution in [2.45, 2.75) is 13.8 Å². The van der Waals surface area contributed by atoms with Crippen molar-refractivity contribution in [2.24, 2.45) is 0 Å². The number of hydrogen-bond donors (Lipinski definition) is 0. The summed E-state index contributed by atoms with van der Waals surface area (Å²) in [6.45, 7) is 3.86. The number of aryl methyl sites for hydroxylation is 2. The maximum absolute atomic E-state index is 9.54. The Labute approximate surface area is 143 Å². The zero-order valence-electron chi connectivity index (χ0n) is 14.0. The fourth-order valence-electron chi connectivity index (χ4n) is 2.93. The van der Waals surface area contributed by atoms with Crippen molar-refractivity contribution in [1.82, 2.24) is 24.3 Å². The van der Waals surface area contributed by atoms with E-state index in [0.29, 0.717) is 39.8 Å². The summed E-state index contributed by atoms with van der Waals surface area (Å²) in [6, 6.07) is 7.60. The molecule has 0 fully saturated rings. The van der Waals surface area contributed by atoms with Crippen molar-refractivity contribution in [3.63, 3.8) is 0 Å². The molecule has 4 heterocycles. The van der Waals surface area contributed by atoms with Crippen LogP contribution < -0.4 is 4.74 Å². The minimum atomic E-state index is 0.317. The first-order valence-electron chi connectivity index (χ1n) is 7.69. The molecule has 0 unspecified atom stereocenters. The lowest BCUT2D eigenvalue weighted by atomic mass is 10.1. The van der Waals surface area contributed by atoms with Crippen molar-refractivity contribution in [3.8, 4) is 23.3 Å². The molecule has 0 radical (unpaired) electrons. The Morgan fingerprint density at radius 3 is 2.68 bits per heavy atom. The first-order valence-corrected chi connectivity index (χ1v) is 7.69. The van der Waals surface area contributed by atoms with Gasteiger partial charge in [-0.05, 0) is 31.5 Å². The minimum Gasteiger partial charge on any atom is -0.481 e. The summed E-state index contributed by atoms with van der Waals surface area (Å²) in [6.07, 6.45) is 3.51. The molecule has 0 bridgehead atoms. The van der Waals surface area contributed by atoms with Crippen molar-refractivity contribution in [2.75, 3.05) is 7.11 Å². The molecule has 7 nitrogen and oxygen atoms in total. The summed E-state index contributed by atoms with van der Waals surface area (Å²) in [7, 11) is 1.56. The highest BCUT2D eigenvalue weighted by Gasteiger charge is 2.20. The van der Waals surface area contributed by atoms with E-state index < -0.39 is 0 Å². The fourth-order valence-corrected chi connectivity index (χ4v) is 2.93. The normalized spacial score (nSPS) is 11.0. The molecular weight excluding hydrogens is 316 g/mol.